The molecule has 0 aliphatic rings. The fourth-order valence-electron chi connectivity index (χ4n) is 0.482. The first-order chi connectivity index (χ1) is 3.72. The Balaban J connectivity index is 3.86. The Morgan fingerprint density at radius 3 is 1.62 bits per heavy atom. The van der Waals surface area contributed by atoms with Crippen molar-refractivity contribution in [2.75, 3.05) is 13.1 Å². The molecule has 0 fully saturated rings. The zero-order valence-corrected chi connectivity index (χ0v) is 8.60. The summed E-state index contributed by atoms with van der Waals surface area (Å²) in [6.07, 6.45) is 0. The Morgan fingerprint density at radius 2 is 1.62 bits per heavy atom. The molecule has 2 radical (unpaired) electrons. The predicted octanol–water partition coefficient (Wildman–Crippen LogP) is -0.268. The van der Waals surface area contributed by atoms with Crippen LogP contribution in [0.4, 0.5) is 0 Å². The van der Waals surface area contributed by atoms with Gasteiger partial charge in [-0.1, -0.05) is 0 Å². The molecule has 8 heavy (non-hydrogen) atoms. The maximum atomic E-state index is 2.93. The third kappa shape index (κ3) is 2.88. The minimum absolute atomic E-state index is 1.08. The monoisotopic (exact) mass is 244 g/mol. The molecule has 1 nitrogen and oxygen atoms in total. The van der Waals surface area contributed by atoms with Crippen LogP contribution >= 0.6 is 0 Å². The predicted molar refractivity (Wildman–Crippen MR) is 37.9 cm³/mol. The van der Waals surface area contributed by atoms with Crippen LogP contribution in [0.15, 0.2) is 0 Å². The summed E-state index contributed by atoms with van der Waals surface area (Å²) >= 11 is 5.86. The van der Waals surface area contributed by atoms with Crippen LogP contribution in [0, 0.1) is 0 Å². The first-order valence-electron chi connectivity index (χ1n) is 2.68. The van der Waals surface area contributed by atoms with Gasteiger partial charge < -0.3 is 0 Å². The molecule has 0 aromatic carbocycles. The molecule has 0 aromatic rings. The van der Waals surface area contributed by atoms with Gasteiger partial charge in [-0.25, -0.2) is 0 Å². The molecular weight excluding hydrogens is 232 g/mol. The topological polar surface area (TPSA) is 3.01 Å². The van der Waals surface area contributed by atoms with Gasteiger partial charge in [0.2, 0.25) is 0 Å². The van der Waals surface area contributed by atoms with Crippen molar-refractivity contribution in [2.45, 2.75) is 13.8 Å². The van der Waals surface area contributed by atoms with Gasteiger partial charge in [-0.05, 0) is 0 Å². The summed E-state index contributed by atoms with van der Waals surface area (Å²) < 4.78 is 3.38. The Bertz CT molecular complexity index is 88.6. The average molecular weight is 242 g/mol. The van der Waals surface area contributed by atoms with Gasteiger partial charge >= 0.3 is 67.0 Å². The Labute approximate surface area is 67.2 Å². The third-order valence-electron chi connectivity index (χ3n) is 1.02. The van der Waals surface area contributed by atoms with E-state index in [1.54, 1.807) is 0 Å². The molecule has 0 amide bonds. The fraction of sp³-hybridized carbons (Fsp3) is 0.800. The second-order valence-electron chi connectivity index (χ2n) is 1.44. The summed E-state index contributed by atoms with van der Waals surface area (Å²) in [4.78, 5) is 0. The van der Waals surface area contributed by atoms with Crippen molar-refractivity contribution in [3.8, 4) is 0 Å². The van der Waals surface area contributed by atoms with E-state index in [4.69, 9.17) is 0 Å². The molecule has 0 N–H and O–H groups in total. The van der Waals surface area contributed by atoms with E-state index in [9.17, 15) is 0 Å². The molecular formula is C5H10NSe2+. The van der Waals surface area contributed by atoms with Gasteiger partial charge in [-0.3, -0.25) is 0 Å². The van der Waals surface area contributed by atoms with Crippen LogP contribution in [0.1, 0.15) is 13.8 Å². The van der Waals surface area contributed by atoms with Gasteiger partial charge in [0.15, 0.2) is 0 Å². The molecule has 0 rings (SSSR count). The molecule has 0 aromatic heterocycles. The van der Waals surface area contributed by atoms with E-state index in [0.717, 1.165) is 16.6 Å². The van der Waals surface area contributed by atoms with E-state index in [1.807, 2.05) is 0 Å². The van der Waals surface area contributed by atoms with Gasteiger partial charge in [-0.15, -0.1) is 0 Å². The first-order valence-corrected chi connectivity index (χ1v) is 4.39. The second kappa shape index (κ2) is 4.57. The van der Waals surface area contributed by atoms with Gasteiger partial charge in [0, 0.05) is 0 Å². The van der Waals surface area contributed by atoms with Gasteiger partial charge in [-0.2, -0.15) is 0 Å². The Hall–Kier alpha value is 0.709. The molecule has 0 heterocycles. The maximum absolute atomic E-state index is 2.93. The molecule has 0 atom stereocenters. The first kappa shape index (κ1) is 8.71. The summed E-state index contributed by atoms with van der Waals surface area (Å²) in [5.74, 6) is 0. The van der Waals surface area contributed by atoms with E-state index in [2.05, 4.69) is 50.4 Å². The number of hydrogen-bond donors (Lipinski definition) is 0. The zero-order valence-electron chi connectivity index (χ0n) is 5.18. The standard InChI is InChI=1S/C5H10NSe2/c1-3-6(4-2)5(7)8/h3-4H2,1-2H3/q+1. The van der Waals surface area contributed by atoms with Crippen LogP contribution in [0.25, 0.3) is 0 Å². The van der Waals surface area contributed by atoms with E-state index in [0.29, 0.717) is 0 Å². The van der Waals surface area contributed by atoms with Gasteiger partial charge in [0.25, 0.3) is 0 Å². The number of nitrogens with zero attached hydrogens (tertiary/aromatic N) is 1. The summed E-state index contributed by atoms with van der Waals surface area (Å²) in [7, 11) is 0. The van der Waals surface area contributed by atoms with Crippen LogP contribution in [0.2, 0.25) is 0 Å². The van der Waals surface area contributed by atoms with Crippen LogP contribution in [0.3, 0.4) is 0 Å². The molecule has 3 heteroatoms. The summed E-state index contributed by atoms with van der Waals surface area (Å²) in [5, 5.41) is 0. The number of rotatable bonds is 2. The quantitative estimate of drug-likeness (QED) is 0.356. The van der Waals surface area contributed by atoms with Crippen molar-refractivity contribution in [3.05, 3.63) is 0 Å². The van der Waals surface area contributed by atoms with Crippen LogP contribution in [0.5, 0.6) is 0 Å². The van der Waals surface area contributed by atoms with E-state index < -0.39 is 0 Å². The third-order valence-corrected chi connectivity index (χ3v) is 2.11. The Morgan fingerprint density at radius 1 is 1.25 bits per heavy atom. The minimum atomic E-state index is 1.08. The van der Waals surface area contributed by atoms with Crippen LogP contribution in [-0.4, -0.2) is 53.2 Å². The molecule has 0 saturated carbocycles. The molecule has 0 saturated heterocycles. The average Bonchev–Trinajstić information content (AvgIpc) is 1.69. The molecule has 0 aliphatic carbocycles. The zero-order chi connectivity index (χ0) is 6.57. The van der Waals surface area contributed by atoms with Crippen molar-refractivity contribution in [2.24, 2.45) is 0 Å². The number of hydrogen-bond acceptors (Lipinski definition) is 0. The Kier molecular flexibility index (Phi) is 4.98. The van der Waals surface area contributed by atoms with Crippen molar-refractivity contribution >= 4 is 35.5 Å². The van der Waals surface area contributed by atoms with Crippen molar-refractivity contribution in [1.82, 2.24) is 0 Å². The summed E-state index contributed by atoms with van der Waals surface area (Å²) in [5.41, 5.74) is 0. The van der Waals surface area contributed by atoms with Gasteiger partial charge in [0.05, 0.1) is 0 Å². The van der Waals surface area contributed by atoms with Crippen molar-refractivity contribution in [3.63, 3.8) is 0 Å². The van der Waals surface area contributed by atoms with Crippen molar-refractivity contribution < 1.29 is 4.58 Å². The molecule has 0 unspecified atom stereocenters. The molecule has 0 aliphatic heterocycles. The van der Waals surface area contributed by atoms with E-state index in [-0.39, 0.29) is 0 Å². The summed E-state index contributed by atoms with van der Waals surface area (Å²) in [6, 6.07) is 0. The van der Waals surface area contributed by atoms with Crippen LogP contribution < -0.4 is 0 Å². The fourth-order valence-corrected chi connectivity index (χ4v) is 1.57. The molecule has 0 spiro atoms. The van der Waals surface area contributed by atoms with E-state index >= 15 is 0 Å². The second-order valence-corrected chi connectivity index (χ2v) is 4.37. The SMILES string of the molecule is CC[N+](CC)=C([Se])[Se]. The van der Waals surface area contributed by atoms with Crippen molar-refractivity contribution in [1.29, 1.82) is 0 Å². The van der Waals surface area contributed by atoms with Gasteiger partial charge in [0.1, 0.15) is 0 Å². The van der Waals surface area contributed by atoms with Crippen LogP contribution in [-0.2, 0) is 0 Å². The molecule has 46 valence electrons. The summed E-state index contributed by atoms with van der Waals surface area (Å²) in [6.45, 7) is 6.42. The van der Waals surface area contributed by atoms with E-state index in [1.165, 1.54) is 0 Å². The normalized spacial score (nSPS) is 8.75. The molecule has 0 bridgehead atoms.